The van der Waals surface area contributed by atoms with Gasteiger partial charge in [-0.25, -0.2) is 4.98 Å². The average molecular weight is 487 g/mol. The van der Waals surface area contributed by atoms with Crippen molar-refractivity contribution in [2.24, 2.45) is 0 Å². The van der Waals surface area contributed by atoms with E-state index in [2.05, 4.69) is 27.0 Å². The molecule has 12 heteroatoms. The van der Waals surface area contributed by atoms with Crippen LogP contribution in [0.5, 0.6) is 0 Å². The third-order valence-electron chi connectivity index (χ3n) is 3.83. The van der Waals surface area contributed by atoms with Gasteiger partial charge in [-0.3, -0.25) is 9.36 Å². The molecule has 0 aliphatic rings. The van der Waals surface area contributed by atoms with Crippen LogP contribution in [0.4, 0.5) is 8.78 Å². The molecule has 0 bridgehead atoms. The molecule has 1 heterocycles. The number of carboxylic acids is 1. The van der Waals surface area contributed by atoms with Crippen molar-refractivity contribution < 1.29 is 42.3 Å². The van der Waals surface area contributed by atoms with Crippen molar-refractivity contribution in [1.82, 2.24) is 14.9 Å². The van der Waals surface area contributed by atoms with Gasteiger partial charge in [0.2, 0.25) is 0 Å². The van der Waals surface area contributed by atoms with Crippen LogP contribution in [0.15, 0.2) is 52.4 Å². The van der Waals surface area contributed by atoms with Gasteiger partial charge in [-0.1, -0.05) is 24.3 Å². The van der Waals surface area contributed by atoms with E-state index < -0.39 is 23.7 Å². The zero-order valence-corrected chi connectivity index (χ0v) is 17.8. The van der Waals surface area contributed by atoms with Crippen LogP contribution in [-0.4, -0.2) is 33.2 Å². The molecule has 0 fully saturated rings. The Morgan fingerprint density at radius 2 is 1.93 bits per heavy atom. The van der Waals surface area contributed by atoms with Crippen LogP contribution >= 0.6 is 27.7 Å². The average Bonchev–Trinajstić information content (AvgIpc) is 3.04. The van der Waals surface area contributed by atoms with Crippen LogP contribution in [0, 0.1) is 11.3 Å². The summed E-state index contributed by atoms with van der Waals surface area (Å²) in [5.74, 6) is -3.46. The molecule has 3 rings (SSSR count). The van der Waals surface area contributed by atoms with Crippen molar-refractivity contribution >= 4 is 50.3 Å². The van der Waals surface area contributed by atoms with Gasteiger partial charge in [-0.2, -0.15) is 14.0 Å². The van der Waals surface area contributed by atoms with E-state index in [9.17, 15) is 28.7 Å². The summed E-state index contributed by atoms with van der Waals surface area (Å²) in [5, 5.41) is 18.3. The summed E-state index contributed by atoms with van der Waals surface area (Å²) in [6.07, 6.45) is 1.30. The van der Waals surface area contributed by atoms with E-state index in [1.807, 2.05) is 0 Å². The largest absolute Gasteiger partial charge is 1.00 e. The molecule has 3 aromatic rings. The molecular formula is C18H10BrF2LiN4O3S. The number of amides is 1. The molecule has 30 heavy (non-hydrogen) atoms. The number of thioether (sulfide) groups is 1. The SMILES string of the molecule is N#Cc1ccc(-n2c(Br)cnc2SC(F)(F)C(=O)NCC(=O)[O-])c2ccccc12.[Li+]. The van der Waals surface area contributed by atoms with Crippen LogP contribution < -0.4 is 29.3 Å². The van der Waals surface area contributed by atoms with Gasteiger partial charge in [0.1, 0.15) is 4.60 Å². The minimum atomic E-state index is -3.99. The fourth-order valence-electron chi connectivity index (χ4n) is 2.60. The molecule has 0 saturated carbocycles. The minimum Gasteiger partial charge on any atom is -0.548 e. The predicted octanol–water partition coefficient (Wildman–Crippen LogP) is -0.785. The van der Waals surface area contributed by atoms with Crippen LogP contribution in [-0.2, 0) is 9.59 Å². The first-order chi connectivity index (χ1) is 13.7. The molecule has 0 unspecified atom stereocenters. The van der Waals surface area contributed by atoms with Crippen molar-refractivity contribution in [3.05, 3.63) is 52.8 Å². The van der Waals surface area contributed by atoms with Gasteiger partial charge in [-0.15, -0.1) is 0 Å². The summed E-state index contributed by atoms with van der Waals surface area (Å²) in [6.45, 7) is -1.03. The maximum atomic E-state index is 14.3. The third kappa shape index (κ3) is 4.85. The molecule has 0 aliphatic carbocycles. The first-order valence-corrected chi connectivity index (χ1v) is 9.56. The Bertz CT molecular complexity index is 1170. The number of nitrogens with one attached hydrogen (secondary N) is 1. The first kappa shape index (κ1) is 23.9. The normalized spacial score (nSPS) is 10.9. The second-order valence-electron chi connectivity index (χ2n) is 5.66. The molecular weight excluding hydrogens is 477 g/mol. The zero-order valence-electron chi connectivity index (χ0n) is 15.4. The number of halogens is 3. The van der Waals surface area contributed by atoms with Crippen molar-refractivity contribution in [1.29, 1.82) is 5.26 Å². The molecule has 2 aromatic carbocycles. The smallest absolute Gasteiger partial charge is 0.548 e. The van der Waals surface area contributed by atoms with E-state index in [1.165, 1.54) is 10.8 Å². The van der Waals surface area contributed by atoms with E-state index in [-0.39, 0.29) is 35.8 Å². The van der Waals surface area contributed by atoms with Gasteiger partial charge in [0.25, 0.3) is 0 Å². The van der Waals surface area contributed by atoms with E-state index in [0.29, 0.717) is 26.6 Å². The number of alkyl halides is 2. The quantitative estimate of drug-likeness (QED) is 0.361. The number of fused-ring (bicyclic) bond motifs is 1. The number of hydrogen-bond acceptors (Lipinski definition) is 6. The molecule has 0 saturated heterocycles. The van der Waals surface area contributed by atoms with E-state index >= 15 is 0 Å². The van der Waals surface area contributed by atoms with Crippen LogP contribution in [0.2, 0.25) is 0 Å². The fraction of sp³-hybridized carbons (Fsp3) is 0.111. The summed E-state index contributed by atoms with van der Waals surface area (Å²) < 4.78 is 30.4. The topological polar surface area (TPSA) is 111 Å². The number of carboxylic acid groups (broad SMARTS) is 1. The van der Waals surface area contributed by atoms with Crippen molar-refractivity contribution in [2.75, 3.05) is 6.54 Å². The van der Waals surface area contributed by atoms with Gasteiger partial charge in [0.05, 0.1) is 36.0 Å². The van der Waals surface area contributed by atoms with E-state index in [1.54, 1.807) is 41.7 Å². The van der Waals surface area contributed by atoms with Gasteiger partial charge < -0.3 is 15.2 Å². The number of aliphatic carboxylic acids is 1. The Kier molecular flexibility index (Phi) is 7.67. The Hall–Kier alpha value is -2.37. The summed E-state index contributed by atoms with van der Waals surface area (Å²) in [4.78, 5) is 26.0. The molecule has 0 atom stereocenters. The molecule has 0 spiro atoms. The second-order valence-corrected chi connectivity index (χ2v) is 7.56. The number of nitriles is 1. The number of carbonyl (C=O) groups excluding carboxylic acids is 2. The molecule has 1 aromatic heterocycles. The van der Waals surface area contributed by atoms with Crippen LogP contribution in [0.25, 0.3) is 16.5 Å². The Labute approximate surface area is 193 Å². The maximum absolute atomic E-state index is 14.3. The summed E-state index contributed by atoms with van der Waals surface area (Å²) >= 11 is 3.12. The van der Waals surface area contributed by atoms with E-state index in [0.717, 1.165) is 0 Å². The Balaban J connectivity index is 0.00000320. The van der Waals surface area contributed by atoms with Gasteiger partial charge in [0, 0.05) is 10.8 Å². The van der Waals surface area contributed by atoms with Gasteiger partial charge >= 0.3 is 30.0 Å². The monoisotopic (exact) mass is 486 g/mol. The predicted molar refractivity (Wildman–Crippen MR) is 102 cm³/mol. The maximum Gasteiger partial charge on any atom is 1.00 e. The number of carbonyl (C=O) groups is 2. The summed E-state index contributed by atoms with van der Waals surface area (Å²) in [6, 6.07) is 12.2. The van der Waals surface area contributed by atoms with Gasteiger partial charge in [-0.05, 0) is 39.8 Å². The van der Waals surface area contributed by atoms with Crippen molar-refractivity contribution in [3.63, 3.8) is 0 Å². The van der Waals surface area contributed by atoms with Crippen molar-refractivity contribution in [3.8, 4) is 11.8 Å². The molecule has 0 radical (unpaired) electrons. The van der Waals surface area contributed by atoms with E-state index in [4.69, 9.17) is 0 Å². The standard InChI is InChI=1S/C18H11BrF2N4O3S.Li/c19-14-8-24-17(29-18(20,21)16(28)23-9-15(26)27)25(14)13-6-5-10(7-22)11-3-1-2-4-12(11)13;/h1-6,8H,9H2,(H,23,28)(H,26,27);/q;+1/p-1. The number of aromatic nitrogens is 2. The molecule has 148 valence electrons. The molecule has 1 N–H and O–H groups in total. The first-order valence-electron chi connectivity index (χ1n) is 7.95. The zero-order chi connectivity index (χ0) is 21.2. The minimum absolute atomic E-state index is 0. The number of rotatable bonds is 6. The summed E-state index contributed by atoms with van der Waals surface area (Å²) in [7, 11) is 0. The Morgan fingerprint density at radius 3 is 2.57 bits per heavy atom. The second kappa shape index (κ2) is 9.62. The summed E-state index contributed by atoms with van der Waals surface area (Å²) in [5.41, 5.74) is 0.888. The Morgan fingerprint density at radius 1 is 1.27 bits per heavy atom. The van der Waals surface area contributed by atoms with Crippen LogP contribution in [0.3, 0.4) is 0 Å². The van der Waals surface area contributed by atoms with Gasteiger partial charge in [0.15, 0.2) is 5.16 Å². The fourth-order valence-corrected chi connectivity index (χ4v) is 3.96. The number of nitrogens with zero attached hydrogens (tertiary/aromatic N) is 3. The number of imidazole rings is 1. The number of hydrogen-bond donors (Lipinski definition) is 1. The third-order valence-corrected chi connectivity index (χ3v) is 5.30. The molecule has 0 aliphatic heterocycles. The molecule has 1 amide bonds. The molecule has 7 nitrogen and oxygen atoms in total. The van der Waals surface area contributed by atoms with Crippen LogP contribution in [0.1, 0.15) is 5.56 Å². The number of benzene rings is 2. The van der Waals surface area contributed by atoms with Crippen molar-refractivity contribution in [2.45, 2.75) is 10.4 Å².